The fraction of sp³-hybridized carbons (Fsp3) is 0.312. The molecule has 0 aliphatic carbocycles. The zero-order valence-corrected chi connectivity index (χ0v) is 13.0. The number of benzene rings is 1. The van der Waals surface area contributed by atoms with Crippen molar-refractivity contribution in [2.24, 2.45) is 0 Å². The maximum atomic E-state index is 12.4. The second-order valence-electron chi connectivity index (χ2n) is 5.14. The summed E-state index contributed by atoms with van der Waals surface area (Å²) in [7, 11) is 0. The molecule has 0 radical (unpaired) electrons. The van der Waals surface area contributed by atoms with E-state index in [1.807, 2.05) is 4.90 Å². The zero-order valence-electron chi connectivity index (χ0n) is 11.4. The van der Waals surface area contributed by atoms with Crippen molar-refractivity contribution < 1.29 is 9.21 Å². The number of amides is 1. The summed E-state index contributed by atoms with van der Waals surface area (Å²) in [6, 6.07) is 8.63. The Morgan fingerprint density at radius 1 is 1.05 bits per heavy atom. The van der Waals surface area contributed by atoms with Crippen molar-refractivity contribution in [2.45, 2.75) is 19.3 Å². The smallest absolute Gasteiger partial charge is 0.289 e. The van der Waals surface area contributed by atoms with Crippen LogP contribution >= 0.6 is 23.2 Å². The molecular formula is C16H15Cl2NO2. The van der Waals surface area contributed by atoms with Crippen LogP contribution in [0.25, 0.3) is 11.3 Å². The lowest BCUT2D eigenvalue weighted by atomic mass is 10.1. The molecule has 1 saturated heterocycles. The van der Waals surface area contributed by atoms with Crippen LogP contribution in [0.15, 0.2) is 34.7 Å². The first-order valence-corrected chi connectivity index (χ1v) is 7.75. The van der Waals surface area contributed by atoms with E-state index >= 15 is 0 Å². The lowest BCUT2D eigenvalue weighted by Gasteiger charge is -2.25. The average molecular weight is 324 g/mol. The van der Waals surface area contributed by atoms with Gasteiger partial charge in [0.1, 0.15) is 5.76 Å². The van der Waals surface area contributed by atoms with Crippen LogP contribution in [0.2, 0.25) is 10.0 Å². The molecule has 110 valence electrons. The number of piperidine rings is 1. The fourth-order valence-electron chi connectivity index (χ4n) is 2.54. The van der Waals surface area contributed by atoms with Gasteiger partial charge in [0.15, 0.2) is 5.76 Å². The maximum Gasteiger partial charge on any atom is 0.289 e. The highest BCUT2D eigenvalue weighted by molar-refractivity contribution is 6.35. The first-order valence-electron chi connectivity index (χ1n) is 7.00. The second-order valence-corrected chi connectivity index (χ2v) is 5.98. The number of halogens is 2. The summed E-state index contributed by atoms with van der Waals surface area (Å²) in [4.78, 5) is 14.2. The number of furan rings is 1. The van der Waals surface area contributed by atoms with E-state index in [9.17, 15) is 4.79 Å². The minimum absolute atomic E-state index is 0.0564. The fourth-order valence-corrected chi connectivity index (χ4v) is 2.92. The molecule has 3 rings (SSSR count). The Hall–Kier alpha value is -1.45. The van der Waals surface area contributed by atoms with Crippen LogP contribution in [0.1, 0.15) is 29.8 Å². The number of nitrogens with zero attached hydrogens (tertiary/aromatic N) is 1. The minimum atomic E-state index is -0.0564. The lowest BCUT2D eigenvalue weighted by Crippen LogP contribution is -2.35. The van der Waals surface area contributed by atoms with Crippen LogP contribution in [-0.4, -0.2) is 23.9 Å². The molecule has 2 aromatic rings. The molecule has 0 bridgehead atoms. The largest absolute Gasteiger partial charge is 0.451 e. The lowest BCUT2D eigenvalue weighted by molar-refractivity contribution is 0.0693. The van der Waals surface area contributed by atoms with Crippen LogP contribution in [0.3, 0.4) is 0 Å². The molecule has 21 heavy (non-hydrogen) atoms. The molecule has 0 N–H and O–H groups in total. The Balaban J connectivity index is 1.85. The van der Waals surface area contributed by atoms with E-state index in [1.165, 1.54) is 6.42 Å². The van der Waals surface area contributed by atoms with Crippen molar-refractivity contribution in [2.75, 3.05) is 13.1 Å². The summed E-state index contributed by atoms with van der Waals surface area (Å²) >= 11 is 12.1. The molecule has 1 aromatic carbocycles. The number of carbonyl (C=O) groups is 1. The summed E-state index contributed by atoms with van der Waals surface area (Å²) in [5, 5.41) is 1.13. The third-order valence-electron chi connectivity index (χ3n) is 3.65. The van der Waals surface area contributed by atoms with E-state index in [4.69, 9.17) is 27.6 Å². The van der Waals surface area contributed by atoms with E-state index < -0.39 is 0 Å². The van der Waals surface area contributed by atoms with Crippen LogP contribution in [-0.2, 0) is 0 Å². The maximum absolute atomic E-state index is 12.4. The predicted molar refractivity (Wildman–Crippen MR) is 83.9 cm³/mol. The molecule has 5 heteroatoms. The third kappa shape index (κ3) is 3.09. The van der Waals surface area contributed by atoms with E-state index in [0.29, 0.717) is 27.1 Å². The van der Waals surface area contributed by atoms with Crippen LogP contribution in [0, 0.1) is 0 Å². The molecule has 1 aromatic heterocycles. The summed E-state index contributed by atoms with van der Waals surface area (Å²) in [5.41, 5.74) is 0.696. The van der Waals surface area contributed by atoms with Crippen molar-refractivity contribution in [3.05, 3.63) is 46.1 Å². The van der Waals surface area contributed by atoms with Gasteiger partial charge >= 0.3 is 0 Å². The monoisotopic (exact) mass is 323 g/mol. The number of rotatable bonds is 2. The van der Waals surface area contributed by atoms with Gasteiger partial charge in [0, 0.05) is 23.7 Å². The molecule has 1 aliphatic heterocycles. The van der Waals surface area contributed by atoms with Gasteiger partial charge in [-0.15, -0.1) is 0 Å². The number of hydrogen-bond donors (Lipinski definition) is 0. The first-order chi connectivity index (χ1) is 10.1. The van der Waals surface area contributed by atoms with Crippen LogP contribution in [0.4, 0.5) is 0 Å². The van der Waals surface area contributed by atoms with Crippen molar-refractivity contribution >= 4 is 29.1 Å². The van der Waals surface area contributed by atoms with Gasteiger partial charge < -0.3 is 9.32 Å². The molecular weight excluding hydrogens is 309 g/mol. The SMILES string of the molecule is O=C(c1ccc(-c2cc(Cl)ccc2Cl)o1)N1CCCCC1. The van der Waals surface area contributed by atoms with E-state index in [0.717, 1.165) is 25.9 Å². The van der Waals surface area contributed by atoms with E-state index in [2.05, 4.69) is 0 Å². The third-order valence-corrected chi connectivity index (χ3v) is 4.22. The molecule has 1 amide bonds. The van der Waals surface area contributed by atoms with Gasteiger partial charge in [0.05, 0.1) is 5.02 Å². The topological polar surface area (TPSA) is 33.5 Å². The highest BCUT2D eigenvalue weighted by Crippen LogP contribution is 2.32. The van der Waals surface area contributed by atoms with Gasteiger partial charge in [-0.05, 0) is 49.6 Å². The summed E-state index contributed by atoms with van der Waals surface area (Å²) in [6.45, 7) is 1.60. The molecule has 0 unspecified atom stereocenters. The molecule has 3 nitrogen and oxygen atoms in total. The standard InChI is InChI=1S/C16H15Cl2NO2/c17-11-4-5-13(18)12(10-11)14-6-7-15(21-14)16(20)19-8-2-1-3-9-19/h4-7,10H,1-3,8-9H2. The van der Waals surface area contributed by atoms with Crippen molar-refractivity contribution in [3.63, 3.8) is 0 Å². The number of likely N-dealkylation sites (tertiary alicyclic amines) is 1. The second kappa shape index (κ2) is 6.12. The first kappa shape index (κ1) is 14.5. The molecule has 0 spiro atoms. The van der Waals surface area contributed by atoms with Crippen molar-refractivity contribution in [3.8, 4) is 11.3 Å². The predicted octanol–water partition coefficient (Wildman–Crippen LogP) is 4.88. The van der Waals surface area contributed by atoms with Gasteiger partial charge in [-0.3, -0.25) is 4.79 Å². The Morgan fingerprint density at radius 3 is 2.57 bits per heavy atom. The Labute approximate surface area is 133 Å². The Kier molecular flexibility index (Phi) is 4.22. The molecule has 1 aliphatic rings. The van der Waals surface area contributed by atoms with E-state index in [-0.39, 0.29) is 5.91 Å². The van der Waals surface area contributed by atoms with Gasteiger partial charge in [-0.2, -0.15) is 0 Å². The van der Waals surface area contributed by atoms with Crippen molar-refractivity contribution in [1.82, 2.24) is 4.90 Å². The molecule has 0 atom stereocenters. The minimum Gasteiger partial charge on any atom is -0.451 e. The number of hydrogen-bond acceptors (Lipinski definition) is 2. The van der Waals surface area contributed by atoms with E-state index in [1.54, 1.807) is 30.3 Å². The summed E-state index contributed by atoms with van der Waals surface area (Å²) < 4.78 is 5.69. The highest BCUT2D eigenvalue weighted by atomic mass is 35.5. The van der Waals surface area contributed by atoms with Gasteiger partial charge in [0.2, 0.25) is 0 Å². The molecule has 2 heterocycles. The van der Waals surface area contributed by atoms with Crippen molar-refractivity contribution in [1.29, 1.82) is 0 Å². The van der Waals surface area contributed by atoms with Gasteiger partial charge in [-0.25, -0.2) is 0 Å². The Morgan fingerprint density at radius 2 is 1.81 bits per heavy atom. The zero-order chi connectivity index (χ0) is 14.8. The number of carbonyl (C=O) groups excluding carboxylic acids is 1. The normalized spacial score (nSPS) is 15.2. The van der Waals surface area contributed by atoms with Crippen LogP contribution < -0.4 is 0 Å². The van der Waals surface area contributed by atoms with Gasteiger partial charge in [-0.1, -0.05) is 23.2 Å². The summed E-state index contributed by atoms with van der Waals surface area (Å²) in [6.07, 6.45) is 3.30. The summed E-state index contributed by atoms with van der Waals surface area (Å²) in [5.74, 6) is 0.852. The molecule has 0 saturated carbocycles. The van der Waals surface area contributed by atoms with Crippen LogP contribution in [0.5, 0.6) is 0 Å². The quantitative estimate of drug-likeness (QED) is 0.789. The molecule has 1 fully saturated rings. The highest BCUT2D eigenvalue weighted by Gasteiger charge is 2.21. The Bertz CT molecular complexity index is 660. The average Bonchev–Trinajstić information content (AvgIpc) is 2.99. The van der Waals surface area contributed by atoms with Gasteiger partial charge in [0.25, 0.3) is 5.91 Å².